The Bertz CT molecular complexity index is 1160. The minimum absolute atomic E-state index is 0.0181. The van der Waals surface area contributed by atoms with Gasteiger partial charge >= 0.3 is 5.97 Å². The van der Waals surface area contributed by atoms with Crippen LogP contribution in [0.5, 0.6) is 0 Å². The van der Waals surface area contributed by atoms with E-state index in [1.165, 1.54) is 12.1 Å². The number of cyclic esters (lactones) is 1. The normalized spacial score (nSPS) is 22.5. The maximum Gasteiger partial charge on any atom is 0.337 e. The van der Waals surface area contributed by atoms with Crippen molar-refractivity contribution in [3.05, 3.63) is 87.5 Å². The average molecular weight is 438 g/mol. The summed E-state index contributed by atoms with van der Waals surface area (Å²) < 4.78 is 19.1. The van der Waals surface area contributed by atoms with Crippen LogP contribution in [-0.4, -0.2) is 18.4 Å². The van der Waals surface area contributed by atoms with E-state index in [2.05, 4.69) is 13.8 Å². The molecule has 0 saturated heterocycles. The van der Waals surface area contributed by atoms with Gasteiger partial charge in [0, 0.05) is 34.3 Å². The number of nitrogens with zero attached hydrogens (tertiary/aromatic N) is 1. The highest BCUT2D eigenvalue weighted by Crippen LogP contribution is 2.52. The molecule has 0 fully saturated rings. The number of Topliss-reactive ketones (excluding diaryl/α,β-unsaturated/α-hetero) is 1. The van der Waals surface area contributed by atoms with E-state index >= 15 is 0 Å². The second kappa shape index (κ2) is 7.06. The highest BCUT2D eigenvalue weighted by atomic mass is 35.5. The molecule has 0 aromatic heterocycles. The van der Waals surface area contributed by atoms with E-state index in [9.17, 15) is 14.0 Å². The molecule has 0 amide bonds. The van der Waals surface area contributed by atoms with Crippen molar-refractivity contribution in [3.8, 4) is 0 Å². The molecule has 2 aromatic rings. The first kappa shape index (κ1) is 20.0. The van der Waals surface area contributed by atoms with Crippen LogP contribution in [0, 0.1) is 11.2 Å². The maximum atomic E-state index is 13.6. The largest absolute Gasteiger partial charge is 0.456 e. The monoisotopic (exact) mass is 437 g/mol. The minimum Gasteiger partial charge on any atom is -0.456 e. The Labute approximate surface area is 185 Å². The molecule has 3 aliphatic rings. The van der Waals surface area contributed by atoms with E-state index in [0.717, 1.165) is 11.3 Å². The molecule has 2 aromatic carbocycles. The molecule has 2 heterocycles. The minimum atomic E-state index is -0.502. The van der Waals surface area contributed by atoms with Crippen LogP contribution < -0.4 is 4.90 Å². The van der Waals surface area contributed by atoms with Gasteiger partial charge in [-0.2, -0.15) is 0 Å². The quantitative estimate of drug-likeness (QED) is 0.579. The number of anilines is 1. The van der Waals surface area contributed by atoms with Crippen molar-refractivity contribution < 1.29 is 18.7 Å². The number of halogens is 2. The first-order valence-electron chi connectivity index (χ1n) is 10.2. The van der Waals surface area contributed by atoms with Gasteiger partial charge in [0.1, 0.15) is 12.4 Å². The standard InChI is InChI=1S/C25H21ClFNO3/c1-25(2)11-18-22(20(29)12-25)21(14-3-5-15(26)6-4-14)23-19(13-31-24(23)30)28(18)17-9-7-16(27)8-10-17/h3-10,21H,11-13H2,1-2H3. The molecular weight excluding hydrogens is 417 g/mol. The lowest BCUT2D eigenvalue weighted by molar-refractivity contribution is -0.136. The molecule has 0 spiro atoms. The number of benzene rings is 2. The van der Waals surface area contributed by atoms with Crippen molar-refractivity contribution in [2.24, 2.45) is 5.41 Å². The van der Waals surface area contributed by atoms with Gasteiger partial charge in [0.2, 0.25) is 0 Å². The molecular formula is C25H21ClFNO3. The van der Waals surface area contributed by atoms with Crippen LogP contribution in [0.15, 0.2) is 71.1 Å². The summed E-state index contributed by atoms with van der Waals surface area (Å²) in [6, 6.07) is 13.3. The van der Waals surface area contributed by atoms with Crippen molar-refractivity contribution in [2.75, 3.05) is 11.5 Å². The molecule has 158 valence electrons. The van der Waals surface area contributed by atoms with Crippen LogP contribution in [0.1, 0.15) is 38.2 Å². The first-order chi connectivity index (χ1) is 14.7. The van der Waals surface area contributed by atoms with Crippen molar-refractivity contribution in [1.82, 2.24) is 0 Å². The summed E-state index contributed by atoms with van der Waals surface area (Å²) in [5.74, 6) is -1.25. The smallest absolute Gasteiger partial charge is 0.337 e. The molecule has 5 rings (SSSR count). The van der Waals surface area contributed by atoms with Gasteiger partial charge in [0.05, 0.1) is 11.3 Å². The summed E-state index contributed by atoms with van der Waals surface area (Å²) in [5.41, 5.74) is 3.95. The Morgan fingerprint density at radius 3 is 2.32 bits per heavy atom. The number of esters is 1. The SMILES string of the molecule is CC1(C)CC(=O)C2=C(C1)N(c1ccc(F)cc1)C1=C(C(=O)OC1)C2c1ccc(Cl)cc1. The van der Waals surface area contributed by atoms with E-state index in [0.29, 0.717) is 40.4 Å². The van der Waals surface area contributed by atoms with Crippen molar-refractivity contribution in [3.63, 3.8) is 0 Å². The number of rotatable bonds is 2. The summed E-state index contributed by atoms with van der Waals surface area (Å²) in [7, 11) is 0. The van der Waals surface area contributed by atoms with Crippen LogP contribution in [0.2, 0.25) is 5.02 Å². The Morgan fingerprint density at radius 2 is 1.65 bits per heavy atom. The molecule has 6 heteroatoms. The third kappa shape index (κ3) is 3.28. The molecule has 1 unspecified atom stereocenters. The summed E-state index contributed by atoms with van der Waals surface area (Å²) in [6.45, 7) is 4.24. The average Bonchev–Trinajstić information content (AvgIpc) is 3.08. The lowest BCUT2D eigenvalue weighted by atomic mass is 9.68. The highest BCUT2D eigenvalue weighted by molar-refractivity contribution is 6.30. The highest BCUT2D eigenvalue weighted by Gasteiger charge is 2.48. The van der Waals surface area contributed by atoms with Gasteiger partial charge in [0.25, 0.3) is 0 Å². The fourth-order valence-corrected chi connectivity index (χ4v) is 5.03. The predicted octanol–water partition coefficient (Wildman–Crippen LogP) is 5.54. The fourth-order valence-electron chi connectivity index (χ4n) is 4.90. The Morgan fingerprint density at radius 1 is 0.968 bits per heavy atom. The van der Waals surface area contributed by atoms with Crippen LogP contribution in [0.25, 0.3) is 0 Å². The first-order valence-corrected chi connectivity index (χ1v) is 10.6. The number of hydrogen-bond acceptors (Lipinski definition) is 4. The number of ether oxygens (including phenoxy) is 1. The lowest BCUT2D eigenvalue weighted by Gasteiger charge is -2.43. The summed E-state index contributed by atoms with van der Waals surface area (Å²) in [4.78, 5) is 28.3. The van der Waals surface area contributed by atoms with E-state index in [-0.39, 0.29) is 23.6 Å². The van der Waals surface area contributed by atoms with Gasteiger partial charge in [-0.25, -0.2) is 9.18 Å². The number of allylic oxidation sites excluding steroid dienone is 2. The van der Waals surface area contributed by atoms with Gasteiger partial charge < -0.3 is 9.64 Å². The van der Waals surface area contributed by atoms with Gasteiger partial charge in [0.15, 0.2) is 5.78 Å². The second-order valence-corrected chi connectivity index (χ2v) is 9.47. The van der Waals surface area contributed by atoms with E-state index in [4.69, 9.17) is 16.3 Å². The van der Waals surface area contributed by atoms with Crippen molar-refractivity contribution in [2.45, 2.75) is 32.6 Å². The number of carbonyl (C=O) groups is 2. The molecule has 1 atom stereocenters. The molecule has 1 aliphatic carbocycles. The fraction of sp³-hybridized carbons (Fsp3) is 0.280. The summed E-state index contributed by atoms with van der Waals surface area (Å²) in [6.07, 6.45) is 1.05. The maximum absolute atomic E-state index is 13.6. The zero-order chi connectivity index (χ0) is 21.9. The molecule has 0 radical (unpaired) electrons. The van der Waals surface area contributed by atoms with Crippen LogP contribution in [0.3, 0.4) is 0 Å². The van der Waals surface area contributed by atoms with E-state index in [1.807, 2.05) is 17.0 Å². The van der Waals surface area contributed by atoms with E-state index in [1.54, 1.807) is 24.3 Å². The zero-order valence-corrected chi connectivity index (χ0v) is 18.0. The van der Waals surface area contributed by atoms with Gasteiger partial charge in [-0.1, -0.05) is 37.6 Å². The lowest BCUT2D eigenvalue weighted by Crippen LogP contribution is -2.40. The summed E-state index contributed by atoms with van der Waals surface area (Å²) in [5, 5.41) is 0.584. The molecule has 31 heavy (non-hydrogen) atoms. The topological polar surface area (TPSA) is 46.6 Å². The molecule has 0 N–H and O–H groups in total. The molecule has 4 nitrogen and oxygen atoms in total. The molecule has 0 saturated carbocycles. The Kier molecular flexibility index (Phi) is 4.56. The number of ketones is 1. The van der Waals surface area contributed by atoms with Crippen LogP contribution in [-0.2, 0) is 14.3 Å². The van der Waals surface area contributed by atoms with Crippen LogP contribution in [0.4, 0.5) is 10.1 Å². The second-order valence-electron chi connectivity index (χ2n) is 9.03. The van der Waals surface area contributed by atoms with Gasteiger partial charge in [-0.3, -0.25) is 4.79 Å². The Balaban J connectivity index is 1.78. The van der Waals surface area contributed by atoms with E-state index < -0.39 is 11.9 Å². The molecule has 0 bridgehead atoms. The predicted molar refractivity (Wildman–Crippen MR) is 116 cm³/mol. The Hall–Kier alpha value is -2.92. The number of hydrogen-bond donors (Lipinski definition) is 0. The van der Waals surface area contributed by atoms with Crippen molar-refractivity contribution in [1.29, 1.82) is 0 Å². The third-order valence-electron chi connectivity index (χ3n) is 6.17. The van der Waals surface area contributed by atoms with Crippen molar-refractivity contribution >= 4 is 29.0 Å². The molecule has 2 aliphatic heterocycles. The zero-order valence-electron chi connectivity index (χ0n) is 17.2. The van der Waals surface area contributed by atoms with Crippen LogP contribution >= 0.6 is 11.6 Å². The summed E-state index contributed by atoms with van der Waals surface area (Å²) >= 11 is 6.09. The third-order valence-corrected chi connectivity index (χ3v) is 6.42. The van der Waals surface area contributed by atoms with Gasteiger partial charge in [-0.05, 0) is 53.8 Å². The number of carbonyl (C=O) groups excluding carboxylic acids is 2. The van der Waals surface area contributed by atoms with Gasteiger partial charge in [-0.15, -0.1) is 0 Å².